The zero-order valence-electron chi connectivity index (χ0n) is 18.1. The molecule has 3 aliphatic rings. The van der Waals surface area contributed by atoms with Gasteiger partial charge in [0.2, 0.25) is 0 Å². The van der Waals surface area contributed by atoms with Gasteiger partial charge in [-0.3, -0.25) is 4.79 Å². The van der Waals surface area contributed by atoms with Gasteiger partial charge < -0.3 is 14.8 Å². The third kappa shape index (κ3) is 3.05. The summed E-state index contributed by atoms with van der Waals surface area (Å²) in [6.45, 7) is 4.96. The Morgan fingerprint density at radius 1 is 1.09 bits per heavy atom. The normalized spacial score (nSPS) is 21.3. The maximum atomic E-state index is 13.6. The van der Waals surface area contributed by atoms with Crippen LogP contribution in [-0.2, 0) is 16.1 Å². The molecule has 6 rings (SSSR count). The summed E-state index contributed by atoms with van der Waals surface area (Å²) in [7, 11) is 0. The lowest BCUT2D eigenvalue weighted by Crippen LogP contribution is -2.34. The molecule has 4 nitrogen and oxygen atoms in total. The molecule has 0 radical (unpaired) electrons. The van der Waals surface area contributed by atoms with Gasteiger partial charge in [0.15, 0.2) is 12.6 Å². The van der Waals surface area contributed by atoms with Crippen LogP contribution in [0, 0.1) is 5.41 Å². The van der Waals surface area contributed by atoms with Crippen molar-refractivity contribution in [1.29, 1.82) is 0 Å². The summed E-state index contributed by atoms with van der Waals surface area (Å²) in [6.07, 6.45) is 1.35. The molecule has 0 saturated carbocycles. The molecule has 1 N–H and O–H groups in total. The van der Waals surface area contributed by atoms with Crippen LogP contribution in [0.25, 0.3) is 10.8 Å². The van der Waals surface area contributed by atoms with E-state index in [2.05, 4.69) is 43.4 Å². The number of ketones is 1. The number of benzene rings is 3. The van der Waals surface area contributed by atoms with Crippen molar-refractivity contribution in [2.45, 2.75) is 39.2 Å². The third-order valence-corrected chi connectivity index (χ3v) is 6.99. The summed E-state index contributed by atoms with van der Waals surface area (Å²) in [4.78, 5) is 13.6. The van der Waals surface area contributed by atoms with Crippen LogP contribution in [-0.4, -0.2) is 12.6 Å². The van der Waals surface area contributed by atoms with Crippen LogP contribution in [0.1, 0.15) is 49.3 Å². The number of rotatable bonds is 1. The van der Waals surface area contributed by atoms with E-state index in [0.717, 1.165) is 56.6 Å². The van der Waals surface area contributed by atoms with E-state index in [-0.39, 0.29) is 23.9 Å². The molecule has 3 aromatic rings. The summed E-state index contributed by atoms with van der Waals surface area (Å²) < 4.78 is 11.5. The Balaban J connectivity index is 1.69. The lowest BCUT2D eigenvalue weighted by molar-refractivity contribution is -0.118. The van der Waals surface area contributed by atoms with Crippen LogP contribution in [0.5, 0.6) is 5.75 Å². The van der Waals surface area contributed by atoms with Gasteiger partial charge in [-0.05, 0) is 46.4 Å². The summed E-state index contributed by atoms with van der Waals surface area (Å²) in [5, 5.41) is 6.53. The lowest BCUT2D eigenvalue weighted by Gasteiger charge is -2.40. The van der Waals surface area contributed by atoms with E-state index in [0.29, 0.717) is 18.1 Å². The van der Waals surface area contributed by atoms with Crippen molar-refractivity contribution in [3.63, 3.8) is 0 Å². The minimum Gasteiger partial charge on any atom is -0.467 e. The fraction of sp³-hybridized carbons (Fsp3) is 0.296. The van der Waals surface area contributed by atoms with Gasteiger partial charge in [-0.2, -0.15) is 0 Å². The maximum Gasteiger partial charge on any atom is 0.189 e. The number of ether oxygens (including phenoxy) is 2. The molecule has 0 aromatic heterocycles. The molecular weight excluding hydrogens is 422 g/mol. The van der Waals surface area contributed by atoms with Gasteiger partial charge in [0, 0.05) is 45.4 Å². The highest BCUT2D eigenvalue weighted by Gasteiger charge is 2.42. The number of carbonyl (C=O) groups is 1. The van der Waals surface area contributed by atoms with E-state index in [1.54, 1.807) is 0 Å². The number of allylic oxidation sites excluding steroid dienone is 2. The zero-order chi connectivity index (χ0) is 22.0. The van der Waals surface area contributed by atoms with Crippen molar-refractivity contribution in [1.82, 2.24) is 0 Å². The Kier molecular flexibility index (Phi) is 4.40. The van der Waals surface area contributed by atoms with Gasteiger partial charge in [-0.25, -0.2) is 0 Å². The fourth-order valence-corrected chi connectivity index (χ4v) is 5.79. The Morgan fingerprint density at radius 2 is 1.94 bits per heavy atom. The predicted molar refractivity (Wildman–Crippen MR) is 126 cm³/mol. The second kappa shape index (κ2) is 7.09. The summed E-state index contributed by atoms with van der Waals surface area (Å²) in [5.74, 6) is 0.727. The van der Waals surface area contributed by atoms with E-state index < -0.39 is 0 Å². The van der Waals surface area contributed by atoms with Gasteiger partial charge in [0.1, 0.15) is 5.75 Å². The molecule has 5 heteroatoms. The molecule has 0 unspecified atom stereocenters. The Labute approximate surface area is 192 Å². The molecule has 0 saturated heterocycles. The van der Waals surface area contributed by atoms with Crippen LogP contribution in [0.15, 0.2) is 59.8 Å². The molecule has 0 bridgehead atoms. The topological polar surface area (TPSA) is 47.6 Å². The van der Waals surface area contributed by atoms with Crippen LogP contribution in [0.3, 0.4) is 0 Å². The monoisotopic (exact) mass is 445 g/mol. The van der Waals surface area contributed by atoms with Crippen LogP contribution in [0.2, 0.25) is 5.02 Å². The van der Waals surface area contributed by atoms with Crippen molar-refractivity contribution < 1.29 is 14.3 Å². The molecular formula is C27H24ClNO3. The molecule has 2 aliphatic heterocycles. The first kappa shape index (κ1) is 19.8. The molecule has 0 fully saturated rings. The van der Waals surface area contributed by atoms with Gasteiger partial charge in [0.05, 0.1) is 6.61 Å². The minimum atomic E-state index is -0.249. The first-order chi connectivity index (χ1) is 15.4. The number of hydrogen-bond donors (Lipinski definition) is 1. The Morgan fingerprint density at radius 3 is 2.81 bits per heavy atom. The number of halogens is 1. The molecule has 0 amide bonds. The number of fused-ring (bicyclic) bond motifs is 4. The highest BCUT2D eigenvalue weighted by atomic mass is 35.5. The number of carbonyl (C=O) groups excluding carboxylic acids is 1. The van der Waals surface area contributed by atoms with Crippen molar-refractivity contribution in [2.75, 3.05) is 12.1 Å². The number of nitrogens with one attached hydrogen (secondary N) is 1. The van der Waals surface area contributed by atoms with Crippen molar-refractivity contribution >= 4 is 33.8 Å². The highest BCUT2D eigenvalue weighted by molar-refractivity contribution is 6.30. The molecule has 32 heavy (non-hydrogen) atoms. The van der Waals surface area contributed by atoms with E-state index in [1.807, 2.05) is 24.3 Å². The zero-order valence-corrected chi connectivity index (χ0v) is 18.9. The van der Waals surface area contributed by atoms with Crippen molar-refractivity contribution in [3.8, 4) is 5.75 Å². The average Bonchev–Trinajstić information content (AvgIpc) is 2.76. The summed E-state index contributed by atoms with van der Waals surface area (Å²) in [6, 6.07) is 16.5. The lowest BCUT2D eigenvalue weighted by atomic mass is 9.68. The summed E-state index contributed by atoms with van der Waals surface area (Å²) >= 11 is 6.58. The first-order valence-electron chi connectivity index (χ1n) is 11.0. The second-order valence-corrected chi connectivity index (χ2v) is 10.2. The smallest absolute Gasteiger partial charge is 0.189 e. The quantitative estimate of drug-likeness (QED) is 0.460. The molecule has 1 aliphatic carbocycles. The number of Topliss-reactive ketones (excluding diaryl/α,β-unsaturated/α-hetero) is 1. The van der Waals surface area contributed by atoms with Crippen molar-refractivity contribution in [3.05, 3.63) is 81.5 Å². The molecule has 162 valence electrons. The van der Waals surface area contributed by atoms with Crippen molar-refractivity contribution in [2.24, 2.45) is 5.41 Å². The van der Waals surface area contributed by atoms with Gasteiger partial charge in [-0.1, -0.05) is 55.8 Å². The van der Waals surface area contributed by atoms with Gasteiger partial charge >= 0.3 is 0 Å². The third-order valence-electron chi connectivity index (χ3n) is 6.77. The fourth-order valence-electron chi connectivity index (χ4n) is 5.54. The van der Waals surface area contributed by atoms with Gasteiger partial charge in [0.25, 0.3) is 0 Å². The first-order valence-corrected chi connectivity index (χ1v) is 11.4. The molecule has 0 spiro atoms. The molecule has 1 atom stereocenters. The largest absolute Gasteiger partial charge is 0.467 e. The van der Waals surface area contributed by atoms with Crippen LogP contribution in [0.4, 0.5) is 5.69 Å². The second-order valence-electron chi connectivity index (χ2n) is 9.73. The molecule has 2 heterocycles. The minimum absolute atomic E-state index is 0.0834. The van der Waals surface area contributed by atoms with E-state index in [9.17, 15) is 4.79 Å². The highest BCUT2D eigenvalue weighted by Crippen LogP contribution is 2.53. The standard InChI is InChI=1S/C27H24ClNO3/c1-27(2)11-21-25(22(30)12-27)24(19-10-17(28)9-16-13-31-14-32-26(16)19)23-18-6-4-3-5-15(18)7-8-20(23)29-21/h3-10,24,29H,11-14H2,1-2H3/t24-/m1/s1. The van der Waals surface area contributed by atoms with E-state index in [1.165, 1.54) is 0 Å². The van der Waals surface area contributed by atoms with Crippen LogP contribution >= 0.6 is 11.6 Å². The predicted octanol–water partition coefficient (Wildman–Crippen LogP) is 6.56. The molecule has 3 aromatic carbocycles. The Bertz CT molecular complexity index is 1320. The maximum absolute atomic E-state index is 13.6. The Hall–Kier alpha value is -2.82. The summed E-state index contributed by atoms with van der Waals surface area (Å²) in [5.41, 5.74) is 5.78. The number of anilines is 1. The van der Waals surface area contributed by atoms with Crippen LogP contribution < -0.4 is 10.1 Å². The SMILES string of the molecule is CC1(C)CC(=O)C2=C(C1)Nc1ccc3ccccc3c1[C@H]2c1cc(Cl)cc2c1OCOC2. The van der Waals surface area contributed by atoms with Gasteiger partial charge in [-0.15, -0.1) is 0 Å². The number of hydrogen-bond acceptors (Lipinski definition) is 4. The average molecular weight is 446 g/mol. The van der Waals surface area contributed by atoms with E-state index in [4.69, 9.17) is 21.1 Å². The van der Waals surface area contributed by atoms with E-state index >= 15 is 0 Å².